The van der Waals surface area contributed by atoms with Gasteiger partial charge in [-0.25, -0.2) is 4.79 Å². The third kappa shape index (κ3) is 4.73. The minimum absolute atomic E-state index is 0.0118. The Labute approximate surface area is 122 Å². The summed E-state index contributed by atoms with van der Waals surface area (Å²) < 4.78 is 9.85. The lowest BCUT2D eigenvalue weighted by Crippen LogP contribution is -2.36. The predicted octanol–water partition coefficient (Wildman–Crippen LogP) is 1.38. The first kappa shape index (κ1) is 16.9. The van der Waals surface area contributed by atoms with Gasteiger partial charge in [0.05, 0.1) is 5.92 Å². The van der Waals surface area contributed by atoms with Crippen LogP contribution in [0.4, 0.5) is 4.79 Å². The van der Waals surface area contributed by atoms with Crippen molar-refractivity contribution in [3.8, 4) is 0 Å². The number of hydrogen-bond acceptors (Lipinski definition) is 7. The summed E-state index contributed by atoms with van der Waals surface area (Å²) in [6.07, 6.45) is -2.45. The molecule has 0 bridgehead atoms. The van der Waals surface area contributed by atoms with Gasteiger partial charge in [-0.05, 0) is 0 Å². The van der Waals surface area contributed by atoms with E-state index in [2.05, 4.69) is 4.84 Å². The maximum Gasteiger partial charge on any atom is 0.537 e. The van der Waals surface area contributed by atoms with Gasteiger partial charge in [-0.2, -0.15) is 0 Å². The van der Waals surface area contributed by atoms with E-state index in [0.29, 0.717) is 5.06 Å². The first-order valence-electron chi connectivity index (χ1n) is 6.67. The Morgan fingerprint density at radius 1 is 1.00 bits per heavy atom. The van der Waals surface area contributed by atoms with Crippen LogP contribution in [0.15, 0.2) is 0 Å². The SMILES string of the molecule is CC(C)C(=O)O[C@@H](OC(=O)ON1C(=O)CCC1=O)C(C)C. The normalized spacial score (nSPS) is 16.4. The molecule has 1 rings (SSSR count). The van der Waals surface area contributed by atoms with E-state index in [9.17, 15) is 19.2 Å². The topological polar surface area (TPSA) is 99.2 Å². The van der Waals surface area contributed by atoms with Crippen LogP contribution in [0.5, 0.6) is 0 Å². The minimum Gasteiger partial charge on any atom is -0.425 e. The fraction of sp³-hybridized carbons (Fsp3) is 0.692. The molecule has 0 unspecified atom stereocenters. The van der Waals surface area contributed by atoms with Gasteiger partial charge in [0, 0.05) is 18.8 Å². The summed E-state index contributed by atoms with van der Waals surface area (Å²) in [5.41, 5.74) is 0. The molecule has 0 aromatic carbocycles. The third-order valence-electron chi connectivity index (χ3n) is 2.63. The van der Waals surface area contributed by atoms with Crippen LogP contribution in [0.2, 0.25) is 0 Å². The van der Waals surface area contributed by atoms with Crippen molar-refractivity contribution in [3.05, 3.63) is 0 Å². The summed E-state index contributed by atoms with van der Waals surface area (Å²) in [5, 5.41) is 0.365. The molecule has 21 heavy (non-hydrogen) atoms. The lowest BCUT2D eigenvalue weighted by atomic mass is 10.2. The van der Waals surface area contributed by atoms with E-state index >= 15 is 0 Å². The van der Waals surface area contributed by atoms with Crippen LogP contribution in [0.3, 0.4) is 0 Å². The monoisotopic (exact) mass is 301 g/mol. The molecule has 0 aromatic heterocycles. The van der Waals surface area contributed by atoms with Gasteiger partial charge in [-0.15, -0.1) is 0 Å². The van der Waals surface area contributed by atoms with Gasteiger partial charge in [-0.1, -0.05) is 32.8 Å². The first-order chi connectivity index (χ1) is 9.72. The maximum absolute atomic E-state index is 11.6. The summed E-state index contributed by atoms with van der Waals surface area (Å²) in [7, 11) is 0. The van der Waals surface area contributed by atoms with E-state index in [1.54, 1.807) is 27.7 Å². The minimum atomic E-state index is -1.27. The Morgan fingerprint density at radius 3 is 1.95 bits per heavy atom. The van der Waals surface area contributed by atoms with Crippen LogP contribution in [-0.2, 0) is 28.7 Å². The summed E-state index contributed by atoms with van der Waals surface area (Å²) in [4.78, 5) is 50.2. The quantitative estimate of drug-likeness (QED) is 0.429. The number of nitrogens with zero attached hydrogens (tertiary/aromatic N) is 1. The zero-order chi connectivity index (χ0) is 16.2. The molecule has 0 radical (unpaired) electrons. The number of hydrogen-bond donors (Lipinski definition) is 0. The van der Waals surface area contributed by atoms with Gasteiger partial charge < -0.3 is 9.47 Å². The summed E-state index contributed by atoms with van der Waals surface area (Å²) in [6, 6.07) is 0. The first-order valence-corrected chi connectivity index (χ1v) is 6.67. The number of ether oxygens (including phenoxy) is 2. The van der Waals surface area contributed by atoms with Crippen molar-refractivity contribution in [1.82, 2.24) is 5.06 Å². The maximum atomic E-state index is 11.6. The van der Waals surface area contributed by atoms with E-state index < -0.39 is 30.2 Å². The molecular weight excluding hydrogens is 282 g/mol. The molecule has 1 aliphatic rings. The van der Waals surface area contributed by atoms with E-state index in [1.165, 1.54) is 0 Å². The molecule has 0 N–H and O–H groups in total. The molecule has 1 saturated heterocycles. The summed E-state index contributed by atoms with van der Waals surface area (Å²) >= 11 is 0. The molecule has 118 valence electrons. The zero-order valence-corrected chi connectivity index (χ0v) is 12.5. The second-order valence-corrected chi connectivity index (χ2v) is 5.24. The van der Waals surface area contributed by atoms with Crippen molar-refractivity contribution >= 4 is 23.9 Å². The zero-order valence-electron chi connectivity index (χ0n) is 12.5. The van der Waals surface area contributed by atoms with Crippen LogP contribution in [0.1, 0.15) is 40.5 Å². The number of amides is 2. The fourth-order valence-corrected chi connectivity index (χ4v) is 1.40. The van der Waals surface area contributed by atoms with Gasteiger partial charge in [0.15, 0.2) is 0 Å². The molecule has 0 aliphatic carbocycles. The Balaban J connectivity index is 2.58. The van der Waals surface area contributed by atoms with Gasteiger partial charge >= 0.3 is 12.1 Å². The van der Waals surface area contributed by atoms with E-state index in [1.807, 2.05) is 0 Å². The van der Waals surface area contributed by atoms with Crippen molar-refractivity contribution in [2.75, 3.05) is 0 Å². The average Bonchev–Trinajstić information content (AvgIpc) is 2.69. The number of carbonyl (C=O) groups is 4. The number of esters is 1. The molecule has 0 spiro atoms. The fourth-order valence-electron chi connectivity index (χ4n) is 1.40. The molecule has 1 heterocycles. The molecule has 2 amide bonds. The predicted molar refractivity (Wildman–Crippen MR) is 68.2 cm³/mol. The third-order valence-corrected chi connectivity index (χ3v) is 2.63. The van der Waals surface area contributed by atoms with Crippen molar-refractivity contribution in [3.63, 3.8) is 0 Å². The smallest absolute Gasteiger partial charge is 0.425 e. The van der Waals surface area contributed by atoms with Crippen LogP contribution in [0.25, 0.3) is 0 Å². The lowest BCUT2D eigenvalue weighted by molar-refractivity contribution is -0.200. The van der Waals surface area contributed by atoms with Gasteiger partial charge in [-0.3, -0.25) is 19.2 Å². The van der Waals surface area contributed by atoms with E-state index in [0.717, 1.165) is 0 Å². The highest BCUT2D eigenvalue weighted by atomic mass is 16.9. The number of rotatable bonds is 5. The summed E-state index contributed by atoms with van der Waals surface area (Å²) in [5.74, 6) is -2.46. The van der Waals surface area contributed by atoms with Crippen molar-refractivity contribution in [2.45, 2.75) is 46.8 Å². The van der Waals surface area contributed by atoms with Crippen molar-refractivity contribution in [1.29, 1.82) is 0 Å². The molecule has 1 aliphatic heterocycles. The van der Waals surface area contributed by atoms with E-state index in [4.69, 9.17) is 9.47 Å². The molecule has 8 nitrogen and oxygen atoms in total. The summed E-state index contributed by atoms with van der Waals surface area (Å²) in [6.45, 7) is 6.63. The molecule has 0 saturated carbocycles. The molecule has 8 heteroatoms. The highest BCUT2D eigenvalue weighted by Crippen LogP contribution is 2.16. The van der Waals surface area contributed by atoms with Crippen LogP contribution in [-0.4, -0.2) is 35.3 Å². The second kappa shape index (κ2) is 7.05. The van der Waals surface area contributed by atoms with Crippen LogP contribution in [0, 0.1) is 11.8 Å². The Hall–Kier alpha value is -2.12. The highest BCUT2D eigenvalue weighted by Gasteiger charge is 2.35. The lowest BCUT2D eigenvalue weighted by Gasteiger charge is -2.22. The number of hydroxylamine groups is 2. The molecule has 1 atom stereocenters. The molecule has 1 fully saturated rings. The van der Waals surface area contributed by atoms with Crippen LogP contribution < -0.4 is 0 Å². The van der Waals surface area contributed by atoms with Crippen molar-refractivity contribution < 1.29 is 33.5 Å². The number of imide groups is 1. The van der Waals surface area contributed by atoms with Crippen LogP contribution >= 0.6 is 0 Å². The molecular formula is C13H19NO7. The second-order valence-electron chi connectivity index (χ2n) is 5.24. The highest BCUT2D eigenvalue weighted by molar-refractivity contribution is 6.01. The van der Waals surface area contributed by atoms with Gasteiger partial charge in [0.1, 0.15) is 0 Å². The number of carbonyl (C=O) groups excluding carboxylic acids is 4. The standard InChI is InChI=1S/C13H19NO7/c1-7(2)11(17)19-12(8(3)4)20-13(18)21-14-9(15)5-6-10(14)16/h7-8,12H,5-6H2,1-4H3/t12-/m0/s1. The molecule has 0 aromatic rings. The Bertz CT molecular complexity index is 428. The average molecular weight is 301 g/mol. The van der Waals surface area contributed by atoms with Crippen molar-refractivity contribution in [2.24, 2.45) is 11.8 Å². The van der Waals surface area contributed by atoms with Gasteiger partial charge in [0.25, 0.3) is 18.1 Å². The van der Waals surface area contributed by atoms with E-state index in [-0.39, 0.29) is 24.7 Å². The van der Waals surface area contributed by atoms with Gasteiger partial charge in [0.2, 0.25) is 0 Å². The largest absolute Gasteiger partial charge is 0.537 e. The Kier molecular flexibility index (Phi) is 5.69. The Morgan fingerprint density at radius 2 is 1.52 bits per heavy atom.